The lowest BCUT2D eigenvalue weighted by Crippen LogP contribution is -2.40. The Balaban J connectivity index is 0.00000240. The molecule has 0 N–H and O–H groups in total. The average Bonchev–Trinajstić information content (AvgIpc) is 2.96. The maximum Gasteiger partial charge on any atom is 0.321 e. The normalized spacial score (nSPS) is 21.8. The molecule has 1 unspecified atom stereocenters. The summed E-state index contributed by atoms with van der Waals surface area (Å²) in [4.78, 5) is 16.0. The van der Waals surface area contributed by atoms with Gasteiger partial charge in [0, 0.05) is 12.1 Å². The Labute approximate surface area is 179 Å². The number of halogens is 1. The molecule has 1 atom stereocenters. The van der Waals surface area contributed by atoms with E-state index in [0.717, 1.165) is 42.9 Å². The third-order valence-electron chi connectivity index (χ3n) is 6.00. The largest absolute Gasteiger partial charge is 0.493 e. The molecule has 0 spiro atoms. The van der Waals surface area contributed by atoms with E-state index in [0.29, 0.717) is 19.6 Å². The number of carbonyl (C=O) groups is 1. The van der Waals surface area contributed by atoms with Crippen LogP contribution in [-0.2, 0) is 14.9 Å². The van der Waals surface area contributed by atoms with Crippen LogP contribution < -0.4 is 4.74 Å². The van der Waals surface area contributed by atoms with Crippen LogP contribution in [0.15, 0.2) is 54.6 Å². The van der Waals surface area contributed by atoms with Crippen molar-refractivity contribution in [3.63, 3.8) is 0 Å². The Morgan fingerprint density at radius 2 is 1.69 bits per heavy atom. The molecule has 0 saturated carbocycles. The highest BCUT2D eigenvalue weighted by Crippen LogP contribution is 2.44. The maximum absolute atomic E-state index is 13.6. The Morgan fingerprint density at radius 3 is 2.48 bits per heavy atom. The second-order valence-electron chi connectivity index (χ2n) is 7.76. The molecular formula is C24H30ClNO3. The zero-order chi connectivity index (χ0) is 19.2. The van der Waals surface area contributed by atoms with Crippen LogP contribution in [0.4, 0.5) is 0 Å². The number of hydrogen-bond acceptors (Lipinski definition) is 4. The molecule has 2 aromatic rings. The van der Waals surface area contributed by atoms with Gasteiger partial charge >= 0.3 is 5.97 Å². The lowest BCUT2D eigenvalue weighted by molar-refractivity contribution is -0.149. The number of para-hydroxylation sites is 1. The zero-order valence-electron chi connectivity index (χ0n) is 16.8. The molecule has 4 nitrogen and oxygen atoms in total. The van der Waals surface area contributed by atoms with Crippen molar-refractivity contribution >= 4 is 18.4 Å². The molecule has 2 aromatic carbocycles. The molecule has 2 aliphatic rings. The number of hydrogen-bond donors (Lipinski definition) is 0. The first-order valence-electron chi connectivity index (χ1n) is 10.5. The van der Waals surface area contributed by atoms with Gasteiger partial charge in [0.1, 0.15) is 17.8 Å². The third-order valence-corrected chi connectivity index (χ3v) is 6.00. The molecule has 0 aromatic heterocycles. The van der Waals surface area contributed by atoms with Gasteiger partial charge in [0.2, 0.25) is 0 Å². The molecule has 5 heteroatoms. The fraction of sp³-hybridized carbons (Fsp3) is 0.458. The predicted molar refractivity (Wildman–Crippen MR) is 117 cm³/mol. The van der Waals surface area contributed by atoms with Gasteiger partial charge in [-0.15, -0.1) is 12.4 Å². The van der Waals surface area contributed by atoms with E-state index in [1.165, 1.54) is 19.3 Å². The zero-order valence-corrected chi connectivity index (χ0v) is 17.7. The number of ether oxygens (including phenoxy) is 2. The van der Waals surface area contributed by atoms with Gasteiger partial charge < -0.3 is 9.47 Å². The van der Waals surface area contributed by atoms with Crippen LogP contribution in [0.5, 0.6) is 5.75 Å². The Morgan fingerprint density at radius 1 is 0.966 bits per heavy atom. The van der Waals surface area contributed by atoms with Crippen LogP contribution in [0.25, 0.3) is 0 Å². The molecule has 2 aliphatic heterocycles. The summed E-state index contributed by atoms with van der Waals surface area (Å²) in [6.45, 7) is 4.09. The number of nitrogens with zero attached hydrogens (tertiary/aromatic N) is 1. The van der Waals surface area contributed by atoms with Crippen LogP contribution in [0.1, 0.15) is 43.2 Å². The van der Waals surface area contributed by atoms with Crippen molar-refractivity contribution in [2.75, 3.05) is 32.8 Å². The van der Waals surface area contributed by atoms with Crippen molar-refractivity contribution in [1.29, 1.82) is 0 Å². The SMILES string of the molecule is Cl.O=C(OCCN1CCCCC1)C1(c2ccccc2)CCCOc2ccccc21. The minimum atomic E-state index is -0.809. The van der Waals surface area contributed by atoms with E-state index in [4.69, 9.17) is 9.47 Å². The van der Waals surface area contributed by atoms with Crippen LogP contribution in [0, 0.1) is 0 Å². The Bertz CT molecular complexity index is 792. The van der Waals surface area contributed by atoms with E-state index in [9.17, 15) is 4.79 Å². The number of fused-ring (bicyclic) bond motifs is 1. The van der Waals surface area contributed by atoms with Gasteiger partial charge in [-0.1, -0.05) is 55.0 Å². The van der Waals surface area contributed by atoms with Gasteiger partial charge in [-0.25, -0.2) is 0 Å². The summed E-state index contributed by atoms with van der Waals surface area (Å²) in [5, 5.41) is 0. The van der Waals surface area contributed by atoms with Crippen LogP contribution in [0.2, 0.25) is 0 Å². The number of likely N-dealkylation sites (tertiary alicyclic amines) is 1. The molecule has 0 bridgehead atoms. The summed E-state index contributed by atoms with van der Waals surface area (Å²) in [7, 11) is 0. The van der Waals surface area contributed by atoms with Gasteiger partial charge in [-0.2, -0.15) is 0 Å². The molecule has 0 amide bonds. The summed E-state index contributed by atoms with van der Waals surface area (Å²) >= 11 is 0. The number of rotatable bonds is 5. The molecule has 0 radical (unpaired) electrons. The van der Waals surface area contributed by atoms with Crippen molar-refractivity contribution in [2.45, 2.75) is 37.5 Å². The van der Waals surface area contributed by atoms with E-state index in [2.05, 4.69) is 4.90 Å². The third kappa shape index (κ3) is 4.59. The van der Waals surface area contributed by atoms with Crippen molar-refractivity contribution in [2.24, 2.45) is 0 Å². The van der Waals surface area contributed by atoms with Gasteiger partial charge in [0.25, 0.3) is 0 Å². The summed E-state index contributed by atoms with van der Waals surface area (Å²) < 4.78 is 11.9. The van der Waals surface area contributed by atoms with Gasteiger partial charge in [0.05, 0.1) is 6.61 Å². The summed E-state index contributed by atoms with van der Waals surface area (Å²) in [5.41, 5.74) is 1.09. The fourth-order valence-corrected chi connectivity index (χ4v) is 4.53. The molecule has 4 rings (SSSR count). The standard InChI is InChI=1S/C24H29NO3.ClH/c26-23(28-19-17-25-15-7-2-8-16-25)24(20-10-3-1-4-11-20)14-9-18-27-22-13-6-5-12-21(22)24;/h1,3-6,10-13H,2,7-9,14-19H2;1H. The number of esters is 1. The van der Waals surface area contributed by atoms with Gasteiger partial charge in [0.15, 0.2) is 0 Å². The maximum atomic E-state index is 13.6. The van der Waals surface area contributed by atoms with Gasteiger partial charge in [-0.3, -0.25) is 9.69 Å². The van der Waals surface area contributed by atoms with E-state index >= 15 is 0 Å². The minimum absolute atomic E-state index is 0. The number of carbonyl (C=O) groups excluding carboxylic acids is 1. The molecule has 1 fully saturated rings. The second-order valence-corrected chi connectivity index (χ2v) is 7.76. The molecule has 29 heavy (non-hydrogen) atoms. The molecule has 1 saturated heterocycles. The van der Waals surface area contributed by atoms with Crippen LogP contribution in [0.3, 0.4) is 0 Å². The summed E-state index contributed by atoms with van der Waals surface area (Å²) in [6.07, 6.45) is 5.30. The van der Waals surface area contributed by atoms with E-state index in [1.54, 1.807) is 0 Å². The van der Waals surface area contributed by atoms with Crippen molar-refractivity contribution < 1.29 is 14.3 Å². The second kappa shape index (κ2) is 10.1. The summed E-state index contributed by atoms with van der Waals surface area (Å²) in [5.74, 6) is 0.630. The van der Waals surface area contributed by atoms with Crippen LogP contribution in [-0.4, -0.2) is 43.7 Å². The number of piperidine rings is 1. The van der Waals surface area contributed by atoms with E-state index in [-0.39, 0.29) is 18.4 Å². The Kier molecular flexibility index (Phi) is 7.57. The molecular weight excluding hydrogens is 386 g/mol. The highest BCUT2D eigenvalue weighted by atomic mass is 35.5. The average molecular weight is 416 g/mol. The highest BCUT2D eigenvalue weighted by molar-refractivity contribution is 5.89. The Hall–Kier alpha value is -2.04. The van der Waals surface area contributed by atoms with Gasteiger partial charge in [-0.05, 0) is 50.4 Å². The summed E-state index contributed by atoms with van der Waals surface area (Å²) in [6, 6.07) is 18.0. The minimum Gasteiger partial charge on any atom is -0.493 e. The first kappa shape index (κ1) is 21.7. The van der Waals surface area contributed by atoms with Crippen LogP contribution >= 0.6 is 12.4 Å². The first-order valence-corrected chi connectivity index (χ1v) is 10.5. The monoisotopic (exact) mass is 415 g/mol. The predicted octanol–water partition coefficient (Wildman–Crippen LogP) is 4.60. The first-order chi connectivity index (χ1) is 13.8. The smallest absolute Gasteiger partial charge is 0.321 e. The highest BCUT2D eigenvalue weighted by Gasteiger charge is 2.46. The lowest BCUT2D eigenvalue weighted by Gasteiger charge is -2.33. The van der Waals surface area contributed by atoms with Crippen molar-refractivity contribution in [3.05, 3.63) is 65.7 Å². The topological polar surface area (TPSA) is 38.8 Å². The lowest BCUT2D eigenvalue weighted by atomic mass is 9.71. The van der Waals surface area contributed by atoms with E-state index in [1.807, 2.05) is 54.6 Å². The van der Waals surface area contributed by atoms with Crippen molar-refractivity contribution in [3.8, 4) is 5.75 Å². The quantitative estimate of drug-likeness (QED) is 0.669. The van der Waals surface area contributed by atoms with Crippen molar-refractivity contribution in [1.82, 2.24) is 4.90 Å². The molecule has 2 heterocycles. The fourth-order valence-electron chi connectivity index (χ4n) is 4.53. The van der Waals surface area contributed by atoms with E-state index < -0.39 is 5.41 Å². The molecule has 156 valence electrons. The number of benzene rings is 2. The molecule has 0 aliphatic carbocycles.